The van der Waals surface area contributed by atoms with Gasteiger partial charge in [0.25, 0.3) is 5.91 Å². The highest BCUT2D eigenvalue weighted by Gasteiger charge is 2.20. The van der Waals surface area contributed by atoms with Gasteiger partial charge in [0.2, 0.25) is 0 Å². The van der Waals surface area contributed by atoms with Crippen LogP contribution in [0.5, 0.6) is 0 Å². The van der Waals surface area contributed by atoms with Crippen LogP contribution in [-0.2, 0) is 0 Å². The van der Waals surface area contributed by atoms with Gasteiger partial charge in [-0.3, -0.25) is 14.8 Å². The Morgan fingerprint density at radius 1 is 1.17 bits per heavy atom. The van der Waals surface area contributed by atoms with Gasteiger partial charge in [-0.25, -0.2) is 9.97 Å². The zero-order valence-electron chi connectivity index (χ0n) is 12.7. The van der Waals surface area contributed by atoms with E-state index in [-0.39, 0.29) is 11.9 Å². The van der Waals surface area contributed by atoms with E-state index in [1.54, 1.807) is 48.4 Å². The standard InChI is InChI=1S/C16H15N5OS/c1-11(14-9-18-10-23-14)21(2)16(22)13-7-19-15(20-8-13)12-4-3-5-17-6-12/h3-11H,1-2H3/t11-/m0/s1. The van der Waals surface area contributed by atoms with Crippen LogP contribution in [0.3, 0.4) is 0 Å². The van der Waals surface area contributed by atoms with Crippen molar-refractivity contribution in [2.24, 2.45) is 0 Å². The summed E-state index contributed by atoms with van der Waals surface area (Å²) in [5.74, 6) is 0.427. The molecular weight excluding hydrogens is 310 g/mol. The van der Waals surface area contributed by atoms with Crippen LogP contribution in [0, 0.1) is 0 Å². The minimum atomic E-state index is -0.122. The first kappa shape index (κ1) is 15.2. The first-order chi connectivity index (χ1) is 11.2. The predicted octanol–water partition coefficient (Wildman–Crippen LogP) is 2.83. The molecule has 0 bridgehead atoms. The predicted molar refractivity (Wildman–Crippen MR) is 87.9 cm³/mol. The summed E-state index contributed by atoms with van der Waals surface area (Å²) in [6, 6.07) is 3.65. The van der Waals surface area contributed by atoms with Gasteiger partial charge >= 0.3 is 0 Å². The molecular formula is C16H15N5OS. The molecule has 0 aliphatic rings. The summed E-state index contributed by atoms with van der Waals surface area (Å²) in [6.07, 6.45) is 8.26. The number of thiazole rings is 1. The lowest BCUT2D eigenvalue weighted by atomic mass is 10.2. The van der Waals surface area contributed by atoms with Crippen molar-refractivity contribution in [3.63, 3.8) is 0 Å². The lowest BCUT2D eigenvalue weighted by Crippen LogP contribution is -2.29. The highest BCUT2D eigenvalue weighted by Crippen LogP contribution is 2.23. The molecule has 6 nitrogen and oxygen atoms in total. The van der Waals surface area contributed by atoms with E-state index in [2.05, 4.69) is 19.9 Å². The van der Waals surface area contributed by atoms with Crippen LogP contribution >= 0.6 is 11.3 Å². The van der Waals surface area contributed by atoms with Gasteiger partial charge in [0.15, 0.2) is 5.82 Å². The Balaban J connectivity index is 1.78. The number of hydrogen-bond acceptors (Lipinski definition) is 6. The molecule has 0 radical (unpaired) electrons. The third kappa shape index (κ3) is 3.24. The minimum absolute atomic E-state index is 0.0481. The molecule has 0 fully saturated rings. The first-order valence-electron chi connectivity index (χ1n) is 7.05. The highest BCUT2D eigenvalue weighted by molar-refractivity contribution is 7.09. The van der Waals surface area contributed by atoms with Crippen molar-refractivity contribution in [1.82, 2.24) is 24.8 Å². The third-order valence-corrected chi connectivity index (χ3v) is 4.53. The number of carbonyl (C=O) groups excluding carboxylic acids is 1. The number of carbonyl (C=O) groups is 1. The summed E-state index contributed by atoms with van der Waals surface area (Å²) in [5.41, 5.74) is 3.03. The number of amides is 1. The fraction of sp³-hybridized carbons (Fsp3) is 0.188. The van der Waals surface area contributed by atoms with Crippen LogP contribution in [0.1, 0.15) is 28.2 Å². The fourth-order valence-corrected chi connectivity index (χ4v) is 2.81. The van der Waals surface area contributed by atoms with Gasteiger partial charge in [-0.15, -0.1) is 11.3 Å². The van der Waals surface area contributed by atoms with Crippen molar-refractivity contribution in [3.05, 3.63) is 59.1 Å². The maximum atomic E-state index is 12.5. The Morgan fingerprint density at radius 3 is 2.57 bits per heavy atom. The van der Waals surface area contributed by atoms with Crippen molar-refractivity contribution in [1.29, 1.82) is 0 Å². The number of nitrogens with zero attached hydrogens (tertiary/aromatic N) is 5. The van der Waals surface area contributed by atoms with E-state index in [1.165, 1.54) is 11.3 Å². The summed E-state index contributed by atoms with van der Waals surface area (Å²) in [6.45, 7) is 1.97. The molecule has 0 saturated heterocycles. The second-order valence-electron chi connectivity index (χ2n) is 5.03. The fourth-order valence-electron chi connectivity index (χ4n) is 2.08. The summed E-state index contributed by atoms with van der Waals surface area (Å²) >= 11 is 1.53. The molecule has 3 aromatic rings. The Labute approximate surface area is 137 Å². The smallest absolute Gasteiger partial charge is 0.257 e. The Bertz CT molecular complexity index is 774. The largest absolute Gasteiger partial charge is 0.334 e. The van der Waals surface area contributed by atoms with Crippen molar-refractivity contribution in [2.75, 3.05) is 7.05 Å². The normalized spacial score (nSPS) is 11.9. The average molecular weight is 325 g/mol. The molecule has 23 heavy (non-hydrogen) atoms. The van der Waals surface area contributed by atoms with Crippen LogP contribution < -0.4 is 0 Å². The van der Waals surface area contributed by atoms with E-state index in [1.807, 2.05) is 19.1 Å². The third-order valence-electron chi connectivity index (χ3n) is 3.58. The maximum absolute atomic E-state index is 12.5. The second-order valence-corrected chi connectivity index (χ2v) is 5.95. The molecule has 3 rings (SSSR count). The Morgan fingerprint density at radius 2 is 1.96 bits per heavy atom. The summed E-state index contributed by atoms with van der Waals surface area (Å²) < 4.78 is 0. The summed E-state index contributed by atoms with van der Waals surface area (Å²) in [4.78, 5) is 31.9. The second kappa shape index (κ2) is 6.62. The highest BCUT2D eigenvalue weighted by atomic mass is 32.1. The van der Waals surface area contributed by atoms with Gasteiger partial charge in [0, 0.05) is 48.5 Å². The molecule has 7 heteroatoms. The lowest BCUT2D eigenvalue weighted by Gasteiger charge is -2.23. The van der Waals surface area contributed by atoms with E-state index >= 15 is 0 Å². The molecule has 0 saturated carbocycles. The number of rotatable bonds is 4. The zero-order chi connectivity index (χ0) is 16.2. The minimum Gasteiger partial charge on any atom is -0.334 e. The SMILES string of the molecule is C[C@@H](c1cncs1)N(C)C(=O)c1cnc(-c2cccnc2)nc1. The van der Waals surface area contributed by atoms with Gasteiger partial charge in [0.1, 0.15) is 0 Å². The van der Waals surface area contributed by atoms with E-state index in [9.17, 15) is 4.79 Å². The first-order valence-corrected chi connectivity index (χ1v) is 7.93. The van der Waals surface area contributed by atoms with Crippen molar-refractivity contribution in [3.8, 4) is 11.4 Å². The number of aromatic nitrogens is 4. The molecule has 0 aliphatic heterocycles. The number of hydrogen-bond donors (Lipinski definition) is 0. The molecule has 116 valence electrons. The summed E-state index contributed by atoms with van der Waals surface area (Å²) in [5, 5.41) is 0. The van der Waals surface area contributed by atoms with Crippen LogP contribution in [0.15, 0.2) is 48.6 Å². The molecule has 3 heterocycles. The molecule has 1 atom stereocenters. The van der Waals surface area contributed by atoms with Gasteiger partial charge in [-0.1, -0.05) is 0 Å². The van der Waals surface area contributed by atoms with Crippen LogP contribution in [0.25, 0.3) is 11.4 Å². The van der Waals surface area contributed by atoms with Gasteiger partial charge in [0.05, 0.1) is 17.1 Å². The zero-order valence-corrected chi connectivity index (χ0v) is 13.6. The Hall–Kier alpha value is -2.67. The molecule has 1 amide bonds. The van der Waals surface area contributed by atoms with Crippen LogP contribution in [0.4, 0.5) is 0 Å². The van der Waals surface area contributed by atoms with Crippen molar-refractivity contribution in [2.45, 2.75) is 13.0 Å². The lowest BCUT2D eigenvalue weighted by molar-refractivity contribution is 0.0744. The van der Waals surface area contributed by atoms with Crippen LogP contribution in [-0.4, -0.2) is 37.8 Å². The van der Waals surface area contributed by atoms with Gasteiger partial charge in [-0.2, -0.15) is 0 Å². The Kier molecular flexibility index (Phi) is 4.38. The van der Waals surface area contributed by atoms with E-state index in [4.69, 9.17) is 0 Å². The molecule has 0 aromatic carbocycles. The molecule has 0 N–H and O–H groups in total. The maximum Gasteiger partial charge on any atom is 0.257 e. The van der Waals surface area contributed by atoms with Gasteiger partial charge in [-0.05, 0) is 19.1 Å². The molecule has 0 aliphatic carbocycles. The monoisotopic (exact) mass is 325 g/mol. The van der Waals surface area contributed by atoms with Crippen molar-refractivity contribution < 1.29 is 4.79 Å². The number of pyridine rings is 1. The molecule has 3 aromatic heterocycles. The quantitative estimate of drug-likeness (QED) is 0.737. The van der Waals surface area contributed by atoms with E-state index in [0.29, 0.717) is 11.4 Å². The van der Waals surface area contributed by atoms with Crippen LogP contribution in [0.2, 0.25) is 0 Å². The molecule has 0 unspecified atom stereocenters. The van der Waals surface area contributed by atoms with E-state index < -0.39 is 0 Å². The van der Waals surface area contributed by atoms with E-state index in [0.717, 1.165) is 10.4 Å². The molecule has 0 spiro atoms. The average Bonchev–Trinajstić information content (AvgIpc) is 3.15. The topological polar surface area (TPSA) is 71.9 Å². The van der Waals surface area contributed by atoms with Gasteiger partial charge < -0.3 is 4.90 Å². The van der Waals surface area contributed by atoms with Crippen molar-refractivity contribution >= 4 is 17.2 Å². The summed E-state index contributed by atoms with van der Waals surface area (Å²) in [7, 11) is 1.77.